The van der Waals surface area contributed by atoms with Crippen LogP contribution in [0.3, 0.4) is 0 Å². The predicted octanol–water partition coefficient (Wildman–Crippen LogP) is 1.32. The third-order valence-electron chi connectivity index (χ3n) is 5.12. The normalized spacial score (nSPS) is 19.1. The monoisotopic (exact) mass is 368 g/mol. The zero-order valence-corrected chi connectivity index (χ0v) is 15.3. The zero-order chi connectivity index (χ0) is 18.6. The average Bonchev–Trinajstić information content (AvgIpc) is 2.72. The van der Waals surface area contributed by atoms with Gasteiger partial charge in [0.05, 0.1) is 30.6 Å². The highest BCUT2D eigenvalue weighted by molar-refractivity contribution is 5.81. The van der Waals surface area contributed by atoms with E-state index in [0.717, 1.165) is 55.9 Å². The minimum Gasteiger partial charge on any atom is -0.378 e. The van der Waals surface area contributed by atoms with E-state index >= 15 is 0 Å². The molecule has 0 bridgehead atoms. The van der Waals surface area contributed by atoms with Crippen LogP contribution in [-0.4, -0.2) is 66.5 Å². The first-order valence-corrected chi connectivity index (χ1v) is 9.38. The van der Waals surface area contributed by atoms with Crippen molar-refractivity contribution in [3.63, 3.8) is 0 Å². The maximum Gasteiger partial charge on any atom is 0.220 e. The van der Waals surface area contributed by atoms with Gasteiger partial charge in [0.1, 0.15) is 0 Å². The van der Waals surface area contributed by atoms with E-state index in [4.69, 9.17) is 20.4 Å². The van der Waals surface area contributed by atoms with Gasteiger partial charge in [-0.3, -0.25) is 4.79 Å². The smallest absolute Gasteiger partial charge is 0.220 e. The summed E-state index contributed by atoms with van der Waals surface area (Å²) in [4.78, 5) is 29.8. The van der Waals surface area contributed by atoms with Gasteiger partial charge in [-0.1, -0.05) is 12.1 Å². The molecule has 3 heterocycles. The average molecular weight is 368 g/mol. The third-order valence-corrected chi connectivity index (χ3v) is 5.12. The molecule has 2 fully saturated rings. The van der Waals surface area contributed by atoms with Gasteiger partial charge in [0.15, 0.2) is 11.6 Å². The summed E-state index contributed by atoms with van der Waals surface area (Å²) in [7, 11) is 0. The zero-order valence-electron chi connectivity index (χ0n) is 15.3. The summed E-state index contributed by atoms with van der Waals surface area (Å²) in [6.45, 7) is 4.45. The number of morpholine rings is 1. The molecule has 1 amide bonds. The summed E-state index contributed by atoms with van der Waals surface area (Å²) in [5.74, 6) is 1.17. The van der Waals surface area contributed by atoms with E-state index in [1.54, 1.807) is 0 Å². The molecular formula is C19H24N6O2. The van der Waals surface area contributed by atoms with Crippen molar-refractivity contribution in [3.05, 3.63) is 24.3 Å². The van der Waals surface area contributed by atoms with E-state index in [0.29, 0.717) is 19.0 Å². The SMILES string of the molecule is NC(=O)C1CCN(C=Nc2nc3ccccc3nc2N2CCOCC2)CC1. The van der Waals surface area contributed by atoms with E-state index in [9.17, 15) is 4.79 Å². The number of anilines is 1. The Bertz CT molecular complexity index is 841. The largest absolute Gasteiger partial charge is 0.378 e. The van der Waals surface area contributed by atoms with Crippen molar-refractivity contribution in [2.45, 2.75) is 12.8 Å². The van der Waals surface area contributed by atoms with Gasteiger partial charge in [0, 0.05) is 32.1 Å². The van der Waals surface area contributed by atoms with Crippen molar-refractivity contribution in [2.75, 3.05) is 44.3 Å². The van der Waals surface area contributed by atoms with Gasteiger partial charge in [-0.2, -0.15) is 0 Å². The first-order chi connectivity index (χ1) is 13.2. The minimum absolute atomic E-state index is 0.0287. The maximum absolute atomic E-state index is 11.3. The van der Waals surface area contributed by atoms with E-state index in [1.807, 2.05) is 30.6 Å². The van der Waals surface area contributed by atoms with Crippen molar-refractivity contribution in [1.29, 1.82) is 0 Å². The summed E-state index contributed by atoms with van der Waals surface area (Å²) in [6, 6.07) is 7.83. The summed E-state index contributed by atoms with van der Waals surface area (Å²) >= 11 is 0. The van der Waals surface area contributed by atoms with Crippen molar-refractivity contribution in [3.8, 4) is 0 Å². The van der Waals surface area contributed by atoms with E-state index in [2.05, 4.69) is 14.8 Å². The van der Waals surface area contributed by atoms with Gasteiger partial charge in [0.2, 0.25) is 5.91 Å². The van der Waals surface area contributed by atoms with E-state index in [-0.39, 0.29) is 11.8 Å². The highest BCUT2D eigenvalue weighted by Gasteiger charge is 2.22. The molecule has 8 nitrogen and oxygen atoms in total. The van der Waals surface area contributed by atoms with Crippen LogP contribution in [0.2, 0.25) is 0 Å². The molecule has 2 saturated heterocycles. The van der Waals surface area contributed by atoms with Gasteiger partial charge in [-0.15, -0.1) is 0 Å². The lowest BCUT2D eigenvalue weighted by molar-refractivity contribution is -0.122. The van der Waals surface area contributed by atoms with Crippen LogP contribution in [0, 0.1) is 5.92 Å². The quantitative estimate of drug-likeness (QED) is 0.646. The first kappa shape index (κ1) is 17.7. The number of fused-ring (bicyclic) bond motifs is 1. The molecule has 1 aromatic heterocycles. The Morgan fingerprint density at radius 2 is 1.78 bits per heavy atom. The fourth-order valence-electron chi connectivity index (χ4n) is 3.49. The molecule has 1 aromatic carbocycles. The Kier molecular flexibility index (Phi) is 5.15. The van der Waals surface area contributed by atoms with Gasteiger partial charge < -0.3 is 20.3 Å². The molecule has 0 aliphatic carbocycles. The van der Waals surface area contributed by atoms with E-state index < -0.39 is 0 Å². The van der Waals surface area contributed by atoms with Crippen LogP contribution in [0.1, 0.15) is 12.8 Å². The molecule has 2 aliphatic rings. The Labute approximate surface area is 158 Å². The predicted molar refractivity (Wildman–Crippen MR) is 104 cm³/mol. The molecule has 27 heavy (non-hydrogen) atoms. The minimum atomic E-state index is -0.207. The lowest BCUT2D eigenvalue weighted by atomic mass is 9.97. The number of piperidine rings is 1. The Balaban J connectivity index is 1.58. The maximum atomic E-state index is 11.3. The number of nitrogens with two attached hydrogens (primary N) is 1. The molecule has 0 saturated carbocycles. The summed E-state index contributed by atoms with van der Waals surface area (Å²) < 4.78 is 5.46. The Morgan fingerprint density at radius 1 is 1.11 bits per heavy atom. The molecule has 0 radical (unpaired) electrons. The van der Waals surface area contributed by atoms with Gasteiger partial charge in [-0.05, 0) is 25.0 Å². The number of carbonyl (C=O) groups excluding carboxylic acids is 1. The number of ether oxygens (including phenoxy) is 1. The summed E-state index contributed by atoms with van der Waals surface area (Å²) in [6.07, 6.45) is 3.35. The van der Waals surface area contributed by atoms with Crippen molar-refractivity contribution in [1.82, 2.24) is 14.9 Å². The highest BCUT2D eigenvalue weighted by Crippen LogP contribution is 2.28. The third kappa shape index (κ3) is 4.00. The number of likely N-dealkylation sites (tertiary alicyclic amines) is 1. The van der Waals surface area contributed by atoms with Crippen LogP contribution in [0.5, 0.6) is 0 Å². The Morgan fingerprint density at radius 3 is 2.44 bits per heavy atom. The van der Waals surface area contributed by atoms with E-state index in [1.165, 1.54) is 0 Å². The van der Waals surface area contributed by atoms with Crippen LogP contribution >= 0.6 is 0 Å². The molecule has 0 unspecified atom stereocenters. The number of amides is 1. The highest BCUT2D eigenvalue weighted by atomic mass is 16.5. The second kappa shape index (κ2) is 7.87. The lowest BCUT2D eigenvalue weighted by Crippen LogP contribution is -2.38. The van der Waals surface area contributed by atoms with Crippen molar-refractivity contribution >= 4 is 34.9 Å². The van der Waals surface area contributed by atoms with Gasteiger partial charge in [0.25, 0.3) is 0 Å². The topological polar surface area (TPSA) is 96.9 Å². The molecular weight excluding hydrogens is 344 g/mol. The second-order valence-electron chi connectivity index (χ2n) is 6.92. The number of aromatic nitrogens is 2. The molecule has 2 aliphatic heterocycles. The number of para-hydroxylation sites is 2. The number of rotatable bonds is 4. The van der Waals surface area contributed by atoms with Crippen LogP contribution in [-0.2, 0) is 9.53 Å². The molecule has 142 valence electrons. The van der Waals surface area contributed by atoms with Crippen LogP contribution in [0.4, 0.5) is 11.6 Å². The van der Waals surface area contributed by atoms with Crippen LogP contribution in [0.15, 0.2) is 29.3 Å². The fraction of sp³-hybridized carbons (Fsp3) is 0.474. The molecule has 2 aromatic rings. The number of carbonyl (C=O) groups is 1. The lowest BCUT2D eigenvalue weighted by Gasteiger charge is -2.29. The number of primary amides is 1. The molecule has 8 heteroatoms. The van der Waals surface area contributed by atoms with Crippen LogP contribution < -0.4 is 10.6 Å². The molecule has 0 spiro atoms. The van der Waals surface area contributed by atoms with Crippen molar-refractivity contribution < 1.29 is 9.53 Å². The summed E-state index contributed by atoms with van der Waals surface area (Å²) in [5.41, 5.74) is 7.10. The van der Waals surface area contributed by atoms with Crippen LogP contribution in [0.25, 0.3) is 11.0 Å². The molecule has 2 N–H and O–H groups in total. The summed E-state index contributed by atoms with van der Waals surface area (Å²) in [5, 5.41) is 0. The number of benzene rings is 1. The number of hydrogen-bond donors (Lipinski definition) is 1. The second-order valence-corrected chi connectivity index (χ2v) is 6.92. The van der Waals surface area contributed by atoms with Gasteiger partial charge in [-0.25, -0.2) is 15.0 Å². The number of nitrogens with zero attached hydrogens (tertiary/aromatic N) is 5. The van der Waals surface area contributed by atoms with Crippen molar-refractivity contribution in [2.24, 2.45) is 16.6 Å². The molecule has 0 atom stereocenters. The van der Waals surface area contributed by atoms with Gasteiger partial charge >= 0.3 is 0 Å². The fourth-order valence-corrected chi connectivity index (χ4v) is 3.49. The molecule has 4 rings (SSSR count). The first-order valence-electron chi connectivity index (χ1n) is 9.38. The number of aliphatic imine (C=N–C) groups is 1. The standard InChI is InChI=1S/C19H24N6O2/c20-17(26)14-5-7-24(8-6-14)13-21-18-19(25-9-11-27-12-10-25)23-16-4-2-1-3-15(16)22-18/h1-4,13-14H,5-12H2,(H2,20,26). The number of hydrogen-bond acceptors (Lipinski definition) is 6. The Hall–Kier alpha value is -2.74.